The first kappa shape index (κ1) is 16.9. The third kappa shape index (κ3) is 4.74. The molecule has 6 nitrogen and oxygen atoms in total. The number of hydrogen-bond donors (Lipinski definition) is 2. The summed E-state index contributed by atoms with van der Waals surface area (Å²) in [7, 11) is 3.43. The zero-order chi connectivity index (χ0) is 16.7. The maximum atomic E-state index is 5.23. The van der Waals surface area contributed by atoms with Crippen molar-refractivity contribution in [2.75, 3.05) is 20.7 Å². The van der Waals surface area contributed by atoms with Crippen molar-refractivity contribution < 1.29 is 9.26 Å². The molecule has 0 saturated heterocycles. The Morgan fingerprint density at radius 2 is 2.13 bits per heavy atom. The fourth-order valence-corrected chi connectivity index (χ4v) is 2.35. The Balaban J connectivity index is 1.81. The lowest BCUT2D eigenvalue weighted by molar-refractivity contribution is 0.392. The van der Waals surface area contributed by atoms with Crippen molar-refractivity contribution in [1.82, 2.24) is 15.8 Å². The summed E-state index contributed by atoms with van der Waals surface area (Å²) >= 11 is 0. The van der Waals surface area contributed by atoms with Crippen LogP contribution in [-0.4, -0.2) is 31.8 Å². The van der Waals surface area contributed by atoms with Crippen LogP contribution >= 0.6 is 0 Å². The van der Waals surface area contributed by atoms with Gasteiger partial charge >= 0.3 is 0 Å². The van der Waals surface area contributed by atoms with Crippen LogP contribution in [0.15, 0.2) is 33.8 Å². The molecule has 0 unspecified atom stereocenters. The molecular weight excluding hydrogens is 292 g/mol. The lowest BCUT2D eigenvalue weighted by atomic mass is 10.1. The van der Waals surface area contributed by atoms with Crippen LogP contribution in [0.25, 0.3) is 0 Å². The van der Waals surface area contributed by atoms with E-state index in [1.54, 1.807) is 14.2 Å². The molecule has 1 aromatic heterocycles. The zero-order valence-electron chi connectivity index (χ0n) is 14.1. The smallest absolute Gasteiger partial charge is 0.191 e. The molecule has 0 atom stereocenters. The van der Waals surface area contributed by atoms with Gasteiger partial charge in [-0.2, -0.15) is 0 Å². The van der Waals surface area contributed by atoms with Crippen molar-refractivity contribution in [3.05, 3.63) is 46.8 Å². The van der Waals surface area contributed by atoms with Crippen molar-refractivity contribution in [3.63, 3.8) is 0 Å². The molecular formula is C17H24N4O2. The van der Waals surface area contributed by atoms with E-state index in [1.165, 1.54) is 0 Å². The minimum Gasteiger partial charge on any atom is -0.497 e. The highest BCUT2D eigenvalue weighted by Gasteiger charge is 2.08. The van der Waals surface area contributed by atoms with Crippen LogP contribution in [0.1, 0.15) is 22.6 Å². The molecule has 2 N–H and O–H groups in total. The largest absolute Gasteiger partial charge is 0.497 e. The van der Waals surface area contributed by atoms with E-state index in [0.717, 1.165) is 47.3 Å². The first-order valence-corrected chi connectivity index (χ1v) is 7.63. The van der Waals surface area contributed by atoms with E-state index >= 15 is 0 Å². The number of hydrogen-bond acceptors (Lipinski definition) is 4. The van der Waals surface area contributed by atoms with Crippen LogP contribution in [0, 0.1) is 13.8 Å². The fraction of sp³-hybridized carbons (Fsp3) is 0.412. The number of guanidine groups is 1. The Morgan fingerprint density at radius 1 is 1.30 bits per heavy atom. The standard InChI is InChI=1S/C17H24N4O2/c1-12-16(13(2)23-21-12)8-9-19-17(18-3)20-11-14-6-5-7-15(10-14)22-4/h5-7,10H,8-9,11H2,1-4H3,(H2,18,19,20). The summed E-state index contributed by atoms with van der Waals surface area (Å²) < 4.78 is 10.4. The second kappa shape index (κ2) is 8.22. The van der Waals surface area contributed by atoms with E-state index in [1.807, 2.05) is 38.1 Å². The van der Waals surface area contributed by atoms with Crippen LogP contribution in [0.5, 0.6) is 5.75 Å². The summed E-state index contributed by atoms with van der Waals surface area (Å²) in [4.78, 5) is 4.23. The van der Waals surface area contributed by atoms with Crippen LogP contribution in [0.3, 0.4) is 0 Å². The van der Waals surface area contributed by atoms with Gasteiger partial charge in [0, 0.05) is 25.7 Å². The van der Waals surface area contributed by atoms with Crippen molar-refractivity contribution >= 4 is 5.96 Å². The third-order valence-corrected chi connectivity index (χ3v) is 3.67. The predicted octanol–water partition coefficient (Wildman–Crippen LogP) is 2.21. The highest BCUT2D eigenvalue weighted by atomic mass is 16.5. The maximum Gasteiger partial charge on any atom is 0.191 e. The number of aromatic nitrogens is 1. The third-order valence-electron chi connectivity index (χ3n) is 3.67. The SMILES string of the molecule is CN=C(NCCc1c(C)noc1C)NCc1cccc(OC)c1. The summed E-state index contributed by atoms with van der Waals surface area (Å²) in [5.41, 5.74) is 3.24. The van der Waals surface area contributed by atoms with Crippen LogP contribution in [-0.2, 0) is 13.0 Å². The number of ether oxygens (including phenoxy) is 1. The number of methoxy groups -OCH3 is 1. The Kier molecular flexibility index (Phi) is 6.02. The topological polar surface area (TPSA) is 71.7 Å². The van der Waals surface area contributed by atoms with Gasteiger partial charge in [0.1, 0.15) is 11.5 Å². The van der Waals surface area contributed by atoms with E-state index in [9.17, 15) is 0 Å². The van der Waals surface area contributed by atoms with Gasteiger partial charge < -0.3 is 19.9 Å². The minimum atomic E-state index is 0.683. The molecule has 0 aliphatic carbocycles. The first-order valence-electron chi connectivity index (χ1n) is 7.63. The number of benzene rings is 1. The number of rotatable bonds is 6. The molecule has 0 aliphatic heterocycles. The number of nitrogens with zero attached hydrogens (tertiary/aromatic N) is 2. The highest BCUT2D eigenvalue weighted by Crippen LogP contribution is 2.13. The fourth-order valence-electron chi connectivity index (χ4n) is 2.35. The van der Waals surface area contributed by atoms with E-state index in [0.29, 0.717) is 6.54 Å². The minimum absolute atomic E-state index is 0.683. The molecule has 0 fully saturated rings. The van der Waals surface area contributed by atoms with Gasteiger partial charge in [0.2, 0.25) is 0 Å². The summed E-state index contributed by atoms with van der Waals surface area (Å²) in [6, 6.07) is 7.96. The average Bonchev–Trinajstić information content (AvgIpc) is 2.89. The molecule has 0 bridgehead atoms. The molecule has 124 valence electrons. The average molecular weight is 316 g/mol. The Labute approximate surface area is 136 Å². The summed E-state index contributed by atoms with van der Waals surface area (Å²) in [6.07, 6.45) is 0.848. The maximum absolute atomic E-state index is 5.23. The second-order valence-electron chi connectivity index (χ2n) is 5.26. The molecule has 0 amide bonds. The van der Waals surface area contributed by atoms with E-state index in [-0.39, 0.29) is 0 Å². The van der Waals surface area contributed by atoms with Gasteiger partial charge in [0.15, 0.2) is 5.96 Å². The molecule has 0 radical (unpaired) electrons. The molecule has 23 heavy (non-hydrogen) atoms. The Bertz CT molecular complexity index is 645. The van der Waals surface area contributed by atoms with Crippen molar-refractivity contribution in [2.24, 2.45) is 4.99 Å². The lowest BCUT2D eigenvalue weighted by Crippen LogP contribution is -2.37. The number of aliphatic imine (C=N–C) groups is 1. The van der Waals surface area contributed by atoms with Gasteiger partial charge in [0.25, 0.3) is 0 Å². The molecule has 6 heteroatoms. The number of nitrogens with one attached hydrogen (secondary N) is 2. The van der Waals surface area contributed by atoms with E-state index in [2.05, 4.69) is 20.8 Å². The Morgan fingerprint density at radius 3 is 2.78 bits per heavy atom. The van der Waals surface area contributed by atoms with Crippen molar-refractivity contribution in [1.29, 1.82) is 0 Å². The Hall–Kier alpha value is -2.50. The lowest BCUT2D eigenvalue weighted by Gasteiger charge is -2.12. The van der Waals surface area contributed by atoms with Crippen molar-refractivity contribution in [3.8, 4) is 5.75 Å². The second-order valence-corrected chi connectivity index (χ2v) is 5.26. The molecule has 0 saturated carbocycles. The monoisotopic (exact) mass is 316 g/mol. The molecule has 1 heterocycles. The predicted molar refractivity (Wildman–Crippen MR) is 90.9 cm³/mol. The van der Waals surface area contributed by atoms with Crippen LogP contribution in [0.2, 0.25) is 0 Å². The van der Waals surface area contributed by atoms with Gasteiger partial charge in [-0.25, -0.2) is 0 Å². The van der Waals surface area contributed by atoms with Crippen molar-refractivity contribution in [2.45, 2.75) is 26.8 Å². The van der Waals surface area contributed by atoms with Gasteiger partial charge in [-0.3, -0.25) is 4.99 Å². The zero-order valence-corrected chi connectivity index (χ0v) is 14.1. The van der Waals surface area contributed by atoms with Gasteiger partial charge in [-0.05, 0) is 38.0 Å². The summed E-state index contributed by atoms with van der Waals surface area (Å²) in [5, 5.41) is 10.6. The summed E-state index contributed by atoms with van der Waals surface area (Å²) in [5.74, 6) is 2.49. The van der Waals surface area contributed by atoms with E-state index < -0.39 is 0 Å². The van der Waals surface area contributed by atoms with Crippen LogP contribution < -0.4 is 15.4 Å². The van der Waals surface area contributed by atoms with Crippen LogP contribution in [0.4, 0.5) is 0 Å². The molecule has 2 rings (SSSR count). The molecule has 1 aromatic carbocycles. The molecule has 2 aromatic rings. The van der Waals surface area contributed by atoms with E-state index in [4.69, 9.17) is 9.26 Å². The summed E-state index contributed by atoms with van der Waals surface area (Å²) in [6.45, 7) is 5.34. The first-order chi connectivity index (χ1) is 11.1. The molecule has 0 aliphatic rings. The highest BCUT2D eigenvalue weighted by molar-refractivity contribution is 5.79. The van der Waals surface area contributed by atoms with Gasteiger partial charge in [-0.15, -0.1) is 0 Å². The van der Waals surface area contributed by atoms with Gasteiger partial charge in [0.05, 0.1) is 12.8 Å². The number of aryl methyl sites for hydroxylation is 2. The quantitative estimate of drug-likeness (QED) is 0.631. The van der Waals surface area contributed by atoms with Gasteiger partial charge in [-0.1, -0.05) is 17.3 Å². The normalized spacial score (nSPS) is 11.4. The molecule has 0 spiro atoms.